The molecule has 0 radical (unpaired) electrons. The number of benzene rings is 1. The van der Waals surface area contributed by atoms with Gasteiger partial charge in [0.25, 0.3) is 0 Å². The Balaban J connectivity index is 2.69. The fourth-order valence-corrected chi connectivity index (χ4v) is 1.67. The van der Waals surface area contributed by atoms with Crippen molar-refractivity contribution < 1.29 is 18.7 Å². The lowest BCUT2D eigenvalue weighted by Gasteiger charge is -2.19. The van der Waals surface area contributed by atoms with Gasteiger partial charge in [0.2, 0.25) is 0 Å². The topological polar surface area (TPSA) is 43.4 Å². The summed E-state index contributed by atoms with van der Waals surface area (Å²) in [6.07, 6.45) is -2.13. The Hall–Kier alpha value is -1.23. The van der Waals surface area contributed by atoms with E-state index in [9.17, 15) is 14.0 Å². The molecule has 0 fully saturated rings. The molecule has 0 aliphatic rings. The van der Waals surface area contributed by atoms with Crippen LogP contribution in [0.4, 0.5) is 4.39 Å². The summed E-state index contributed by atoms with van der Waals surface area (Å²) in [6.45, 7) is 1.77. The molecule has 3 atom stereocenters. The first-order valence-corrected chi connectivity index (χ1v) is 6.51. The van der Waals surface area contributed by atoms with Crippen LogP contribution >= 0.6 is 15.9 Å². The summed E-state index contributed by atoms with van der Waals surface area (Å²) in [5.41, 5.74) is 0.291. The Morgan fingerprint density at radius 2 is 2.06 bits per heavy atom. The minimum atomic E-state index is -1.56. The zero-order valence-electron chi connectivity index (χ0n) is 9.88. The van der Waals surface area contributed by atoms with Gasteiger partial charge in [-0.1, -0.05) is 41.1 Å². The van der Waals surface area contributed by atoms with Crippen LogP contribution in [-0.2, 0) is 9.53 Å². The summed E-state index contributed by atoms with van der Waals surface area (Å²) in [7, 11) is 0. The van der Waals surface area contributed by atoms with Crippen molar-refractivity contribution >= 4 is 28.2 Å². The molecule has 0 unspecified atom stereocenters. The summed E-state index contributed by atoms with van der Waals surface area (Å²) in [6, 6.07) is 8.17. The van der Waals surface area contributed by atoms with Gasteiger partial charge in [0.05, 0.1) is 5.56 Å². The molecule has 3 nitrogen and oxygen atoms in total. The van der Waals surface area contributed by atoms with Gasteiger partial charge in [-0.25, -0.2) is 9.18 Å². The Morgan fingerprint density at radius 1 is 1.44 bits per heavy atom. The van der Waals surface area contributed by atoms with Gasteiger partial charge < -0.3 is 4.74 Å². The number of esters is 1. The lowest BCUT2D eigenvalue weighted by molar-refractivity contribution is -0.118. The van der Waals surface area contributed by atoms with Crippen molar-refractivity contribution in [2.24, 2.45) is 0 Å². The maximum absolute atomic E-state index is 13.8. The van der Waals surface area contributed by atoms with Gasteiger partial charge in [-0.15, -0.1) is 0 Å². The third-order valence-electron chi connectivity index (χ3n) is 2.44. The summed E-state index contributed by atoms with van der Waals surface area (Å²) in [4.78, 5) is 21.9. The molecular weight excluding hydrogens is 303 g/mol. The van der Waals surface area contributed by atoms with Gasteiger partial charge in [0.1, 0.15) is 0 Å². The number of aldehydes is 1. The minimum Gasteiger partial charge on any atom is -0.448 e. The fraction of sp³-hybridized carbons (Fsp3) is 0.385. The molecule has 0 saturated carbocycles. The van der Waals surface area contributed by atoms with E-state index in [0.717, 1.165) is 0 Å². The smallest absolute Gasteiger partial charge is 0.338 e. The van der Waals surface area contributed by atoms with Crippen LogP contribution in [0.15, 0.2) is 30.3 Å². The highest BCUT2D eigenvalue weighted by Gasteiger charge is 2.30. The Bertz CT molecular complexity index is 396. The molecule has 0 heterocycles. The summed E-state index contributed by atoms with van der Waals surface area (Å²) in [5.74, 6) is -0.703. The predicted octanol–water partition coefficient (Wildman–Crippen LogP) is 2.92. The van der Waals surface area contributed by atoms with E-state index in [1.807, 2.05) is 0 Å². The molecule has 18 heavy (non-hydrogen) atoms. The van der Waals surface area contributed by atoms with Crippen LogP contribution in [0.1, 0.15) is 23.7 Å². The van der Waals surface area contributed by atoms with Crippen molar-refractivity contribution in [1.82, 2.24) is 0 Å². The van der Waals surface area contributed by atoms with Gasteiger partial charge in [0, 0.05) is 4.83 Å². The minimum absolute atomic E-state index is 0.291. The molecule has 0 aliphatic carbocycles. The molecule has 1 rings (SSSR count). The molecular formula is C13H14BrFO3. The van der Waals surface area contributed by atoms with Crippen LogP contribution < -0.4 is 0 Å². The van der Waals surface area contributed by atoms with E-state index < -0.39 is 23.1 Å². The normalized spacial score (nSPS) is 15.5. The molecule has 98 valence electrons. The average molecular weight is 317 g/mol. The van der Waals surface area contributed by atoms with Crippen molar-refractivity contribution in [1.29, 1.82) is 0 Å². The molecule has 0 N–H and O–H groups in total. The maximum Gasteiger partial charge on any atom is 0.338 e. The summed E-state index contributed by atoms with van der Waals surface area (Å²) in [5, 5.41) is 0. The van der Waals surface area contributed by atoms with Crippen LogP contribution in [0.2, 0.25) is 0 Å². The highest BCUT2D eigenvalue weighted by Crippen LogP contribution is 2.18. The summed E-state index contributed by atoms with van der Waals surface area (Å²) < 4.78 is 18.6. The molecule has 0 bridgehead atoms. The fourth-order valence-electron chi connectivity index (χ4n) is 1.36. The van der Waals surface area contributed by atoms with E-state index in [0.29, 0.717) is 18.3 Å². The van der Waals surface area contributed by atoms with Crippen LogP contribution in [0.25, 0.3) is 0 Å². The van der Waals surface area contributed by atoms with E-state index in [1.54, 1.807) is 37.3 Å². The summed E-state index contributed by atoms with van der Waals surface area (Å²) >= 11 is 3.10. The van der Waals surface area contributed by atoms with E-state index in [2.05, 4.69) is 15.9 Å². The number of halogens is 2. The van der Waals surface area contributed by atoms with Gasteiger partial charge in [0.15, 0.2) is 18.6 Å². The van der Waals surface area contributed by atoms with Crippen molar-refractivity contribution in [2.45, 2.75) is 30.4 Å². The Morgan fingerprint density at radius 3 is 2.56 bits per heavy atom. The Kier molecular flexibility index (Phi) is 5.98. The number of carbonyl (C=O) groups excluding carboxylic acids is 2. The second kappa shape index (κ2) is 7.26. The molecule has 1 aromatic carbocycles. The van der Waals surface area contributed by atoms with E-state index in [-0.39, 0.29) is 0 Å². The predicted molar refractivity (Wildman–Crippen MR) is 69.6 cm³/mol. The second-order valence-corrected chi connectivity index (χ2v) is 4.92. The molecule has 0 spiro atoms. The van der Waals surface area contributed by atoms with Crippen LogP contribution in [0, 0.1) is 0 Å². The Labute approximate surface area is 113 Å². The van der Waals surface area contributed by atoms with Gasteiger partial charge >= 0.3 is 5.97 Å². The maximum atomic E-state index is 13.8. The number of ether oxygens (including phenoxy) is 1. The largest absolute Gasteiger partial charge is 0.448 e. The average Bonchev–Trinajstić information content (AvgIpc) is 2.43. The number of hydrogen-bond donors (Lipinski definition) is 0. The van der Waals surface area contributed by atoms with Crippen molar-refractivity contribution in [3.63, 3.8) is 0 Å². The van der Waals surface area contributed by atoms with E-state index in [1.165, 1.54) is 0 Å². The number of carbonyl (C=O) groups is 2. The second-order valence-electron chi connectivity index (χ2n) is 3.74. The first-order valence-electron chi connectivity index (χ1n) is 5.59. The molecule has 0 aliphatic heterocycles. The number of rotatable bonds is 6. The lowest BCUT2D eigenvalue weighted by atomic mass is 10.1. The number of hydrogen-bond acceptors (Lipinski definition) is 3. The molecule has 5 heteroatoms. The third kappa shape index (κ3) is 3.91. The van der Waals surface area contributed by atoms with Crippen LogP contribution in [-0.4, -0.2) is 29.4 Å². The number of alkyl halides is 2. The first-order chi connectivity index (χ1) is 8.60. The molecule has 0 saturated heterocycles. The highest BCUT2D eigenvalue weighted by molar-refractivity contribution is 9.09. The van der Waals surface area contributed by atoms with E-state index in [4.69, 9.17) is 4.74 Å². The first kappa shape index (κ1) is 14.8. The van der Waals surface area contributed by atoms with Crippen molar-refractivity contribution in [2.75, 3.05) is 0 Å². The molecule has 0 amide bonds. The standard InChI is InChI=1S/C13H14BrFO3/c1-2-10(14)12(15)11(8-16)18-13(17)9-6-4-3-5-7-9/h3-8,10-12H,2H2,1H3/t10-,11-,12+/m0/s1. The van der Waals surface area contributed by atoms with Gasteiger partial charge in [-0.05, 0) is 18.6 Å². The van der Waals surface area contributed by atoms with Gasteiger partial charge in [-0.3, -0.25) is 4.79 Å². The highest BCUT2D eigenvalue weighted by atomic mass is 79.9. The van der Waals surface area contributed by atoms with Crippen LogP contribution in [0.3, 0.4) is 0 Å². The SMILES string of the molecule is CC[C@H](Br)[C@@H](F)[C@H](C=O)OC(=O)c1ccccc1. The molecule has 0 aromatic heterocycles. The zero-order chi connectivity index (χ0) is 13.5. The van der Waals surface area contributed by atoms with E-state index >= 15 is 0 Å². The van der Waals surface area contributed by atoms with Gasteiger partial charge in [-0.2, -0.15) is 0 Å². The molecule has 1 aromatic rings. The zero-order valence-corrected chi connectivity index (χ0v) is 11.5. The van der Waals surface area contributed by atoms with Crippen molar-refractivity contribution in [3.8, 4) is 0 Å². The lowest BCUT2D eigenvalue weighted by Crippen LogP contribution is -2.35. The van der Waals surface area contributed by atoms with Crippen LogP contribution in [0.5, 0.6) is 0 Å². The van der Waals surface area contributed by atoms with Crippen molar-refractivity contribution in [3.05, 3.63) is 35.9 Å². The monoisotopic (exact) mass is 316 g/mol. The quantitative estimate of drug-likeness (QED) is 0.460. The third-order valence-corrected chi connectivity index (χ3v) is 3.59.